The van der Waals surface area contributed by atoms with Crippen LogP contribution < -0.4 is 0 Å². The summed E-state index contributed by atoms with van der Waals surface area (Å²) < 4.78 is 1.35. The maximum atomic E-state index is 10.9. The molecule has 3 N–H and O–H groups in total. The van der Waals surface area contributed by atoms with Crippen LogP contribution in [0, 0.1) is 0 Å². The average molecular weight is 368 g/mol. The third kappa shape index (κ3) is 2.85. The van der Waals surface area contributed by atoms with E-state index in [9.17, 15) is 15.0 Å². The number of benzene rings is 1. The van der Waals surface area contributed by atoms with Crippen molar-refractivity contribution in [1.82, 2.24) is 4.57 Å². The van der Waals surface area contributed by atoms with E-state index in [1.54, 1.807) is 18.2 Å². The van der Waals surface area contributed by atoms with Gasteiger partial charge in [0.05, 0.1) is 5.69 Å². The first-order valence-electron chi connectivity index (χ1n) is 7.45. The van der Waals surface area contributed by atoms with Crippen LogP contribution in [0.15, 0.2) is 23.2 Å². The van der Waals surface area contributed by atoms with Gasteiger partial charge in [0.1, 0.15) is 5.03 Å². The zero-order valence-electron chi connectivity index (χ0n) is 12.6. The molecule has 0 atom stereocenters. The Hall–Kier alpha value is -2.11. The van der Waals surface area contributed by atoms with Crippen LogP contribution in [0.5, 0.6) is 11.8 Å². The highest BCUT2D eigenvalue weighted by molar-refractivity contribution is 6.43. The number of hydrogen-bond donors (Lipinski definition) is 3. The summed E-state index contributed by atoms with van der Waals surface area (Å²) >= 11 is 11.7. The Balaban J connectivity index is 2.13. The van der Waals surface area contributed by atoms with Crippen molar-refractivity contribution in [3.63, 3.8) is 0 Å². The minimum Gasteiger partial charge on any atom is -0.494 e. The molecule has 2 aromatic rings. The topological polar surface area (TPSA) is 82.7 Å². The highest BCUT2D eigenvalue weighted by Gasteiger charge is 2.25. The Morgan fingerprint density at radius 3 is 2.25 bits per heavy atom. The molecule has 24 heavy (non-hydrogen) atoms. The molecule has 0 bridgehead atoms. The molecule has 0 spiro atoms. The number of nitrogens with zero attached hydrogens (tertiary/aromatic N) is 1. The fraction of sp³-hybridized carbons (Fsp3) is 0.235. The van der Waals surface area contributed by atoms with Gasteiger partial charge in [-0.1, -0.05) is 23.2 Å². The second kappa shape index (κ2) is 6.42. The maximum Gasteiger partial charge on any atom is 0.347 e. The van der Waals surface area contributed by atoms with E-state index in [1.807, 2.05) is 0 Å². The standard InChI is InChI=1S/C17H15Cl2NO4/c18-13-6-5-10(7-9(13)8-14(19)17(23)24)20-15(21)11-3-1-2-4-12(11)16(20)22/h5-8,21-22H,1-4H2,(H,23,24). The summed E-state index contributed by atoms with van der Waals surface area (Å²) in [6.45, 7) is 0. The van der Waals surface area contributed by atoms with Gasteiger partial charge in [-0.2, -0.15) is 0 Å². The molecule has 0 saturated heterocycles. The van der Waals surface area contributed by atoms with Crippen LogP contribution in [0.1, 0.15) is 29.5 Å². The van der Waals surface area contributed by atoms with Gasteiger partial charge >= 0.3 is 5.97 Å². The molecule has 1 aromatic heterocycles. The molecular weight excluding hydrogens is 353 g/mol. The molecule has 0 unspecified atom stereocenters. The van der Waals surface area contributed by atoms with Crippen molar-refractivity contribution in [2.45, 2.75) is 25.7 Å². The summed E-state index contributed by atoms with van der Waals surface area (Å²) in [6.07, 6.45) is 4.59. The monoisotopic (exact) mass is 367 g/mol. The average Bonchev–Trinajstić information content (AvgIpc) is 2.81. The second-order valence-corrected chi connectivity index (χ2v) is 6.46. The Morgan fingerprint density at radius 2 is 1.71 bits per heavy atom. The highest BCUT2D eigenvalue weighted by Crippen LogP contribution is 2.41. The minimum absolute atomic E-state index is 0.00350. The predicted molar refractivity (Wildman–Crippen MR) is 92.2 cm³/mol. The fourth-order valence-corrected chi connectivity index (χ4v) is 3.28. The second-order valence-electron chi connectivity index (χ2n) is 5.65. The van der Waals surface area contributed by atoms with Crippen LogP contribution in [0.2, 0.25) is 5.02 Å². The van der Waals surface area contributed by atoms with Crippen molar-refractivity contribution in [1.29, 1.82) is 0 Å². The molecular formula is C17H15Cl2NO4. The molecule has 1 aliphatic rings. The quantitative estimate of drug-likeness (QED) is 0.713. The lowest BCUT2D eigenvalue weighted by Gasteiger charge is -2.09. The minimum atomic E-state index is -1.26. The number of rotatable bonds is 3. The molecule has 0 aliphatic heterocycles. The van der Waals surface area contributed by atoms with E-state index in [1.165, 1.54) is 10.6 Å². The van der Waals surface area contributed by atoms with Crippen LogP contribution >= 0.6 is 23.2 Å². The van der Waals surface area contributed by atoms with Gasteiger partial charge in [-0.05, 0) is 55.5 Å². The molecule has 7 heteroatoms. The van der Waals surface area contributed by atoms with E-state index in [4.69, 9.17) is 28.3 Å². The van der Waals surface area contributed by atoms with Crippen LogP contribution in [0.4, 0.5) is 0 Å². The summed E-state index contributed by atoms with van der Waals surface area (Å²) in [5.41, 5.74) is 2.38. The van der Waals surface area contributed by atoms with Crippen molar-refractivity contribution in [3.8, 4) is 17.4 Å². The molecule has 1 aromatic carbocycles. The largest absolute Gasteiger partial charge is 0.494 e. The molecule has 1 heterocycles. The van der Waals surface area contributed by atoms with Crippen molar-refractivity contribution in [3.05, 3.63) is 44.9 Å². The van der Waals surface area contributed by atoms with Crippen LogP contribution in [-0.4, -0.2) is 25.9 Å². The summed E-state index contributed by atoms with van der Waals surface area (Å²) in [5, 5.41) is 29.8. The molecule has 0 saturated carbocycles. The summed E-state index contributed by atoms with van der Waals surface area (Å²) in [5.74, 6) is -1.26. The first kappa shape index (κ1) is 16.7. The lowest BCUT2D eigenvalue weighted by atomic mass is 9.95. The molecule has 0 amide bonds. The number of aromatic hydroxyl groups is 2. The van der Waals surface area contributed by atoms with Gasteiger partial charge in [0, 0.05) is 16.1 Å². The predicted octanol–water partition coefficient (Wildman–Crippen LogP) is 4.09. The zero-order valence-corrected chi connectivity index (χ0v) is 14.1. The van der Waals surface area contributed by atoms with Crippen LogP contribution in [0.25, 0.3) is 11.8 Å². The smallest absolute Gasteiger partial charge is 0.347 e. The Labute approximate surface area is 148 Å². The van der Waals surface area contributed by atoms with Gasteiger partial charge in [-0.15, -0.1) is 0 Å². The zero-order chi connectivity index (χ0) is 17.4. The number of hydrogen-bond acceptors (Lipinski definition) is 3. The normalized spacial score (nSPS) is 14.5. The maximum absolute atomic E-state index is 10.9. The SMILES string of the molecule is O=C(O)C(Cl)=Cc1cc(-n2c(O)c3c(c2O)CCCC3)ccc1Cl. The Bertz CT molecular complexity index is 825. The van der Waals surface area contributed by atoms with Gasteiger partial charge in [-0.3, -0.25) is 4.57 Å². The molecule has 0 fully saturated rings. The number of carboxylic acid groups (broad SMARTS) is 1. The van der Waals surface area contributed by atoms with Gasteiger partial charge in [0.2, 0.25) is 11.8 Å². The van der Waals surface area contributed by atoms with Crippen molar-refractivity contribution < 1.29 is 20.1 Å². The summed E-state index contributed by atoms with van der Waals surface area (Å²) in [6, 6.07) is 4.77. The lowest BCUT2D eigenvalue weighted by Crippen LogP contribution is -1.98. The highest BCUT2D eigenvalue weighted by atomic mass is 35.5. The molecule has 3 rings (SSSR count). The number of carbonyl (C=O) groups is 1. The van der Waals surface area contributed by atoms with Gasteiger partial charge < -0.3 is 15.3 Å². The fourth-order valence-electron chi connectivity index (χ4n) is 2.99. The third-order valence-corrected chi connectivity index (χ3v) is 4.77. The molecule has 126 valence electrons. The van der Waals surface area contributed by atoms with Crippen molar-refractivity contribution >= 4 is 35.2 Å². The first-order chi connectivity index (χ1) is 11.4. The molecule has 5 nitrogen and oxygen atoms in total. The third-order valence-electron chi connectivity index (χ3n) is 4.16. The van der Waals surface area contributed by atoms with Crippen LogP contribution in [0.3, 0.4) is 0 Å². The van der Waals surface area contributed by atoms with E-state index < -0.39 is 5.97 Å². The van der Waals surface area contributed by atoms with Gasteiger partial charge in [-0.25, -0.2) is 4.79 Å². The number of aliphatic carboxylic acids is 1. The molecule has 0 radical (unpaired) electrons. The summed E-state index contributed by atoms with van der Waals surface area (Å²) in [4.78, 5) is 10.9. The van der Waals surface area contributed by atoms with Crippen molar-refractivity contribution in [2.75, 3.05) is 0 Å². The van der Waals surface area contributed by atoms with E-state index >= 15 is 0 Å². The Kier molecular flexibility index (Phi) is 4.47. The number of carboxylic acids is 1. The van der Waals surface area contributed by atoms with E-state index in [-0.39, 0.29) is 16.8 Å². The number of aromatic nitrogens is 1. The van der Waals surface area contributed by atoms with E-state index in [0.717, 1.165) is 24.0 Å². The van der Waals surface area contributed by atoms with E-state index in [0.29, 0.717) is 29.1 Å². The lowest BCUT2D eigenvalue weighted by molar-refractivity contribution is -0.131. The van der Waals surface area contributed by atoms with Crippen LogP contribution in [-0.2, 0) is 17.6 Å². The van der Waals surface area contributed by atoms with Crippen molar-refractivity contribution in [2.24, 2.45) is 0 Å². The number of fused-ring (bicyclic) bond motifs is 1. The Morgan fingerprint density at radius 1 is 1.12 bits per heavy atom. The van der Waals surface area contributed by atoms with Gasteiger partial charge in [0.15, 0.2) is 0 Å². The number of halogens is 2. The first-order valence-corrected chi connectivity index (χ1v) is 8.20. The summed E-state index contributed by atoms with van der Waals surface area (Å²) in [7, 11) is 0. The molecule has 1 aliphatic carbocycles. The van der Waals surface area contributed by atoms with E-state index in [2.05, 4.69) is 0 Å². The van der Waals surface area contributed by atoms with Gasteiger partial charge in [0.25, 0.3) is 0 Å².